The zero-order valence-corrected chi connectivity index (χ0v) is 14.3. The molecule has 3 rings (SSSR count). The van der Waals surface area contributed by atoms with Gasteiger partial charge in [0, 0.05) is 6.54 Å². The fourth-order valence-electron chi connectivity index (χ4n) is 2.40. The van der Waals surface area contributed by atoms with Gasteiger partial charge in [0.2, 0.25) is 0 Å². The number of para-hydroxylation sites is 2. The van der Waals surface area contributed by atoms with E-state index in [0.717, 1.165) is 17.0 Å². The van der Waals surface area contributed by atoms with Crippen molar-refractivity contribution in [3.63, 3.8) is 0 Å². The number of aryl methyl sites for hydroxylation is 1. The van der Waals surface area contributed by atoms with Gasteiger partial charge < -0.3 is 21.1 Å². The molecule has 0 aliphatic heterocycles. The molecule has 1 aromatic heterocycles. The summed E-state index contributed by atoms with van der Waals surface area (Å²) in [5.74, 6) is 1.84. The highest BCUT2D eigenvalue weighted by Gasteiger charge is 2.10. The highest BCUT2D eigenvalue weighted by molar-refractivity contribution is 5.79. The van der Waals surface area contributed by atoms with Crippen molar-refractivity contribution in [3.05, 3.63) is 66.0 Å². The van der Waals surface area contributed by atoms with Crippen LogP contribution in [-0.2, 0) is 6.54 Å². The number of aromatic nitrogens is 2. The predicted octanol–water partition coefficient (Wildman–Crippen LogP) is 3.73. The van der Waals surface area contributed by atoms with Crippen molar-refractivity contribution < 1.29 is 4.74 Å². The Bertz CT molecular complexity index is 849. The van der Waals surface area contributed by atoms with Gasteiger partial charge in [-0.1, -0.05) is 42.0 Å². The summed E-state index contributed by atoms with van der Waals surface area (Å²) in [6.07, 6.45) is 1.48. The number of ether oxygens (including phenoxy) is 1. The van der Waals surface area contributed by atoms with Crippen molar-refractivity contribution >= 4 is 23.0 Å². The lowest BCUT2D eigenvalue weighted by Crippen LogP contribution is -2.08. The smallest absolute Gasteiger partial charge is 0.159 e. The van der Waals surface area contributed by atoms with Gasteiger partial charge in [0.15, 0.2) is 11.6 Å². The van der Waals surface area contributed by atoms with Gasteiger partial charge in [0.05, 0.1) is 12.8 Å². The molecule has 0 radical (unpaired) electrons. The lowest BCUT2D eigenvalue weighted by molar-refractivity contribution is 0.417. The molecule has 1 heterocycles. The third kappa shape index (κ3) is 3.98. The van der Waals surface area contributed by atoms with Crippen molar-refractivity contribution in [2.24, 2.45) is 0 Å². The van der Waals surface area contributed by atoms with E-state index in [-0.39, 0.29) is 0 Å². The van der Waals surface area contributed by atoms with Crippen LogP contribution in [0.3, 0.4) is 0 Å². The topological polar surface area (TPSA) is 85.1 Å². The molecule has 0 aliphatic rings. The molecule has 0 fully saturated rings. The van der Waals surface area contributed by atoms with Gasteiger partial charge in [0.25, 0.3) is 0 Å². The van der Waals surface area contributed by atoms with Crippen LogP contribution in [0.4, 0.5) is 23.0 Å². The zero-order chi connectivity index (χ0) is 17.6. The first-order chi connectivity index (χ1) is 12.2. The molecule has 3 aromatic rings. The number of nitrogens with one attached hydrogen (secondary N) is 2. The zero-order valence-electron chi connectivity index (χ0n) is 14.3. The lowest BCUT2D eigenvalue weighted by Gasteiger charge is -2.14. The summed E-state index contributed by atoms with van der Waals surface area (Å²) in [5.41, 5.74) is 9.86. The minimum Gasteiger partial charge on any atom is -0.495 e. The van der Waals surface area contributed by atoms with E-state index >= 15 is 0 Å². The minimum absolute atomic E-state index is 0.459. The Hall–Kier alpha value is -3.28. The first-order valence-corrected chi connectivity index (χ1v) is 7.97. The Morgan fingerprint density at radius 3 is 2.48 bits per heavy atom. The van der Waals surface area contributed by atoms with Crippen LogP contribution in [-0.4, -0.2) is 17.1 Å². The Labute approximate surface area is 147 Å². The van der Waals surface area contributed by atoms with Crippen LogP contribution in [0.15, 0.2) is 54.9 Å². The average molecular weight is 335 g/mol. The molecule has 0 aliphatic carbocycles. The highest BCUT2D eigenvalue weighted by atomic mass is 16.5. The van der Waals surface area contributed by atoms with E-state index in [4.69, 9.17) is 10.5 Å². The first-order valence-electron chi connectivity index (χ1n) is 7.97. The van der Waals surface area contributed by atoms with Crippen LogP contribution in [0.5, 0.6) is 5.75 Å². The van der Waals surface area contributed by atoms with Crippen LogP contribution in [0, 0.1) is 6.92 Å². The maximum Gasteiger partial charge on any atom is 0.159 e. The molecule has 0 bridgehead atoms. The maximum absolute atomic E-state index is 6.22. The lowest BCUT2D eigenvalue weighted by atomic mass is 10.1. The molecule has 0 saturated carbocycles. The van der Waals surface area contributed by atoms with Gasteiger partial charge in [-0.15, -0.1) is 0 Å². The largest absolute Gasteiger partial charge is 0.495 e. The second-order valence-corrected chi connectivity index (χ2v) is 5.65. The van der Waals surface area contributed by atoms with E-state index in [9.17, 15) is 0 Å². The second-order valence-electron chi connectivity index (χ2n) is 5.65. The summed E-state index contributed by atoms with van der Waals surface area (Å²) in [6.45, 7) is 2.70. The van der Waals surface area contributed by atoms with Crippen molar-refractivity contribution in [1.29, 1.82) is 0 Å². The van der Waals surface area contributed by atoms with E-state index in [2.05, 4.69) is 51.8 Å². The molecule has 6 heteroatoms. The first kappa shape index (κ1) is 16.6. The molecule has 4 N–H and O–H groups in total. The number of benzene rings is 2. The van der Waals surface area contributed by atoms with Crippen LogP contribution < -0.4 is 21.1 Å². The second kappa shape index (κ2) is 7.53. The molecule has 25 heavy (non-hydrogen) atoms. The average Bonchev–Trinajstić information content (AvgIpc) is 2.64. The van der Waals surface area contributed by atoms with E-state index < -0.39 is 0 Å². The van der Waals surface area contributed by atoms with E-state index in [1.807, 2.05) is 24.3 Å². The fourth-order valence-corrected chi connectivity index (χ4v) is 2.40. The molecule has 0 amide bonds. The highest BCUT2D eigenvalue weighted by Crippen LogP contribution is 2.30. The fraction of sp³-hybridized carbons (Fsp3) is 0.158. The minimum atomic E-state index is 0.459. The van der Waals surface area contributed by atoms with Crippen molar-refractivity contribution in [2.45, 2.75) is 13.5 Å². The molecule has 128 valence electrons. The summed E-state index contributed by atoms with van der Waals surface area (Å²) in [4.78, 5) is 8.47. The van der Waals surface area contributed by atoms with Gasteiger partial charge in [0.1, 0.15) is 17.8 Å². The molecule has 6 nitrogen and oxygen atoms in total. The molecular formula is C19H21N5O. The Morgan fingerprint density at radius 1 is 1.00 bits per heavy atom. The van der Waals surface area contributed by atoms with Gasteiger partial charge in [-0.25, -0.2) is 9.97 Å². The summed E-state index contributed by atoms with van der Waals surface area (Å²) in [5, 5.41) is 6.45. The number of nitrogen functional groups attached to an aromatic ring is 1. The number of rotatable bonds is 6. The summed E-state index contributed by atoms with van der Waals surface area (Å²) in [6, 6.07) is 15.9. The van der Waals surface area contributed by atoms with Crippen LogP contribution in [0.25, 0.3) is 0 Å². The summed E-state index contributed by atoms with van der Waals surface area (Å²) < 4.78 is 5.34. The molecule has 0 atom stereocenters. The van der Waals surface area contributed by atoms with Crippen LogP contribution in [0.2, 0.25) is 0 Å². The third-order valence-corrected chi connectivity index (χ3v) is 3.82. The Balaban J connectivity index is 1.76. The number of nitrogens with zero attached hydrogens (tertiary/aromatic N) is 2. The molecular weight excluding hydrogens is 314 g/mol. The number of hydrogen-bond donors (Lipinski definition) is 3. The van der Waals surface area contributed by atoms with Gasteiger partial charge in [-0.3, -0.25) is 0 Å². The molecule has 0 unspecified atom stereocenters. The van der Waals surface area contributed by atoms with Crippen molar-refractivity contribution in [1.82, 2.24) is 9.97 Å². The van der Waals surface area contributed by atoms with Gasteiger partial charge in [-0.2, -0.15) is 0 Å². The van der Waals surface area contributed by atoms with Gasteiger partial charge >= 0.3 is 0 Å². The number of nitrogens with two attached hydrogens (primary N) is 1. The monoisotopic (exact) mass is 335 g/mol. The van der Waals surface area contributed by atoms with E-state index in [0.29, 0.717) is 23.9 Å². The van der Waals surface area contributed by atoms with Crippen molar-refractivity contribution in [3.8, 4) is 5.75 Å². The van der Waals surface area contributed by atoms with Gasteiger partial charge in [-0.05, 0) is 24.6 Å². The molecule has 0 spiro atoms. The maximum atomic E-state index is 6.22. The number of methoxy groups -OCH3 is 1. The molecule has 0 saturated heterocycles. The normalized spacial score (nSPS) is 10.3. The third-order valence-electron chi connectivity index (χ3n) is 3.82. The summed E-state index contributed by atoms with van der Waals surface area (Å²) in [7, 11) is 1.62. The molecule has 2 aromatic carbocycles. The van der Waals surface area contributed by atoms with Crippen molar-refractivity contribution in [2.75, 3.05) is 23.5 Å². The predicted molar refractivity (Wildman–Crippen MR) is 101 cm³/mol. The Kier molecular flexibility index (Phi) is 4.99. The SMILES string of the molecule is COc1ccccc1Nc1ncnc(NCc2ccc(C)cc2)c1N. The van der Waals surface area contributed by atoms with Crippen LogP contribution in [0.1, 0.15) is 11.1 Å². The summed E-state index contributed by atoms with van der Waals surface area (Å²) >= 11 is 0. The standard InChI is InChI=1S/C19H21N5O/c1-13-7-9-14(10-8-13)11-21-18-17(20)19(23-12-22-18)24-15-5-3-4-6-16(15)25-2/h3-10,12H,11,20H2,1-2H3,(H2,21,22,23,24). The van der Waals surface area contributed by atoms with E-state index in [1.54, 1.807) is 7.11 Å². The Morgan fingerprint density at radius 2 is 1.72 bits per heavy atom. The number of anilines is 4. The van der Waals surface area contributed by atoms with Crippen LogP contribution >= 0.6 is 0 Å². The number of hydrogen-bond acceptors (Lipinski definition) is 6. The quantitative estimate of drug-likeness (QED) is 0.636. The van der Waals surface area contributed by atoms with E-state index in [1.165, 1.54) is 11.9 Å².